The van der Waals surface area contributed by atoms with E-state index in [4.69, 9.17) is 4.74 Å². The van der Waals surface area contributed by atoms with Gasteiger partial charge in [0.1, 0.15) is 21.5 Å². The lowest BCUT2D eigenvalue weighted by atomic mass is 9.94. The average Bonchev–Trinajstić information content (AvgIpc) is 2.46. The van der Waals surface area contributed by atoms with Crippen LogP contribution in [0.3, 0.4) is 0 Å². The van der Waals surface area contributed by atoms with E-state index in [0.29, 0.717) is 13.0 Å². The van der Waals surface area contributed by atoms with Crippen LogP contribution in [0.5, 0.6) is 0 Å². The van der Waals surface area contributed by atoms with Gasteiger partial charge in [0.05, 0.1) is 17.6 Å². The van der Waals surface area contributed by atoms with E-state index in [-0.39, 0.29) is 16.7 Å². The first kappa shape index (κ1) is 19.1. The summed E-state index contributed by atoms with van der Waals surface area (Å²) in [5.74, 6) is 1.51. The van der Waals surface area contributed by atoms with Crippen molar-refractivity contribution in [3.05, 3.63) is 17.6 Å². The summed E-state index contributed by atoms with van der Waals surface area (Å²) in [7, 11) is -1.35. The summed E-state index contributed by atoms with van der Waals surface area (Å²) < 4.78 is 28.9. The van der Waals surface area contributed by atoms with Gasteiger partial charge in [0.25, 0.3) is 0 Å². The van der Waals surface area contributed by atoms with Crippen molar-refractivity contribution >= 4 is 15.7 Å². The molecule has 1 saturated carbocycles. The molecule has 0 bridgehead atoms. The highest BCUT2D eigenvalue weighted by Gasteiger charge is 2.29. The van der Waals surface area contributed by atoms with Crippen LogP contribution < -0.4 is 5.32 Å². The molecule has 1 aromatic heterocycles. The lowest BCUT2D eigenvalue weighted by molar-refractivity contribution is 0.181. The Bertz CT molecular complexity index is 668. The number of hydrogen-bond acceptors (Lipinski definition) is 6. The maximum atomic E-state index is 11.8. The summed E-state index contributed by atoms with van der Waals surface area (Å²) in [5.41, 5.74) is 0.664. The van der Waals surface area contributed by atoms with Gasteiger partial charge < -0.3 is 10.1 Å². The molecule has 0 radical (unpaired) electrons. The molecule has 136 valence electrons. The van der Waals surface area contributed by atoms with E-state index in [9.17, 15) is 8.42 Å². The molecule has 1 aromatic rings. The first-order chi connectivity index (χ1) is 11.1. The summed E-state index contributed by atoms with van der Waals surface area (Å²) >= 11 is 0. The number of sulfone groups is 1. The van der Waals surface area contributed by atoms with Crippen LogP contribution in [0.25, 0.3) is 0 Å². The normalized spacial score (nSPS) is 22.4. The van der Waals surface area contributed by atoms with E-state index in [0.717, 1.165) is 36.6 Å². The van der Waals surface area contributed by atoms with E-state index >= 15 is 0 Å². The Kier molecular flexibility index (Phi) is 5.86. The van der Waals surface area contributed by atoms with Gasteiger partial charge in [0.2, 0.25) is 0 Å². The third-order valence-corrected chi connectivity index (χ3v) is 5.96. The van der Waals surface area contributed by atoms with Crippen molar-refractivity contribution in [3.8, 4) is 0 Å². The fraction of sp³-hybridized carbons (Fsp3) is 0.765. The maximum Gasteiger partial charge on any atom is 0.150 e. The van der Waals surface area contributed by atoms with Gasteiger partial charge in [-0.15, -0.1) is 0 Å². The Balaban J connectivity index is 2.20. The maximum absolute atomic E-state index is 11.8. The van der Waals surface area contributed by atoms with E-state index in [1.807, 2.05) is 6.07 Å². The molecule has 2 atom stereocenters. The number of anilines is 1. The quantitative estimate of drug-likeness (QED) is 0.874. The molecule has 1 N–H and O–H groups in total. The van der Waals surface area contributed by atoms with Gasteiger partial charge in [-0.2, -0.15) is 0 Å². The van der Waals surface area contributed by atoms with Gasteiger partial charge in [0.15, 0.2) is 0 Å². The molecule has 0 aliphatic heterocycles. The second kappa shape index (κ2) is 7.35. The van der Waals surface area contributed by atoms with Crippen molar-refractivity contribution in [1.29, 1.82) is 0 Å². The third kappa shape index (κ3) is 5.14. The zero-order chi connectivity index (χ0) is 18.0. The molecule has 1 aliphatic carbocycles. The Hall–Kier alpha value is -1.21. The number of ether oxygens (including phenoxy) is 1. The minimum atomic E-state index is -2.99. The predicted molar refractivity (Wildman–Crippen MR) is 96.0 cm³/mol. The molecule has 0 spiro atoms. The lowest BCUT2D eigenvalue weighted by Crippen LogP contribution is -2.34. The molecule has 0 saturated heterocycles. The van der Waals surface area contributed by atoms with Crippen LogP contribution in [-0.2, 0) is 26.6 Å². The highest BCUT2D eigenvalue weighted by molar-refractivity contribution is 7.91. The van der Waals surface area contributed by atoms with Crippen molar-refractivity contribution < 1.29 is 13.2 Å². The molecule has 24 heavy (non-hydrogen) atoms. The van der Waals surface area contributed by atoms with Gasteiger partial charge in [-0.3, -0.25) is 0 Å². The van der Waals surface area contributed by atoms with Crippen molar-refractivity contribution in [2.45, 2.75) is 69.8 Å². The third-order valence-electron chi connectivity index (χ3n) is 4.33. The summed E-state index contributed by atoms with van der Waals surface area (Å²) in [5, 5.41) is 3.16. The number of methoxy groups -OCH3 is 1. The standard InChI is InChI=1S/C17H29N3O3S/c1-17(2,3)16-19-13(11-23-4)10-15(20-16)18-12-7-6-8-14(9-12)24(5,21)22/h10,12,14H,6-9,11H2,1-5H3,(H,18,19,20). The molecule has 1 fully saturated rings. The van der Waals surface area contributed by atoms with Crippen LogP contribution in [0.15, 0.2) is 6.07 Å². The Morgan fingerprint density at radius 2 is 2.00 bits per heavy atom. The fourth-order valence-corrected chi connectivity index (χ4v) is 4.18. The largest absolute Gasteiger partial charge is 0.378 e. The van der Waals surface area contributed by atoms with Crippen LogP contribution >= 0.6 is 0 Å². The second-order valence-corrected chi connectivity index (χ2v) is 10.0. The molecule has 1 heterocycles. The Morgan fingerprint density at radius 1 is 1.29 bits per heavy atom. The summed E-state index contributed by atoms with van der Waals surface area (Å²) in [6.45, 7) is 6.64. The number of aromatic nitrogens is 2. The zero-order valence-corrected chi connectivity index (χ0v) is 16.1. The average molecular weight is 356 g/mol. The van der Waals surface area contributed by atoms with E-state index in [1.54, 1.807) is 7.11 Å². The van der Waals surface area contributed by atoms with Gasteiger partial charge >= 0.3 is 0 Å². The summed E-state index contributed by atoms with van der Waals surface area (Å²) in [4.78, 5) is 9.21. The smallest absolute Gasteiger partial charge is 0.150 e. The Labute approximate surface area is 145 Å². The van der Waals surface area contributed by atoms with E-state index < -0.39 is 9.84 Å². The minimum absolute atomic E-state index is 0.122. The van der Waals surface area contributed by atoms with Crippen LogP contribution in [0.4, 0.5) is 5.82 Å². The number of nitrogens with one attached hydrogen (secondary N) is 1. The van der Waals surface area contributed by atoms with Gasteiger partial charge in [0, 0.05) is 30.9 Å². The molecule has 0 aromatic carbocycles. The lowest BCUT2D eigenvalue weighted by Gasteiger charge is -2.29. The van der Waals surface area contributed by atoms with E-state index in [2.05, 4.69) is 36.1 Å². The van der Waals surface area contributed by atoms with E-state index in [1.165, 1.54) is 6.26 Å². The van der Waals surface area contributed by atoms with Gasteiger partial charge in [-0.25, -0.2) is 18.4 Å². The first-order valence-corrected chi connectivity index (χ1v) is 10.4. The molecule has 0 amide bonds. The van der Waals surface area contributed by atoms with Gasteiger partial charge in [-0.05, 0) is 19.3 Å². The molecule has 2 unspecified atom stereocenters. The van der Waals surface area contributed by atoms with Crippen LogP contribution in [0.2, 0.25) is 0 Å². The predicted octanol–water partition coefficient (Wildman–Crippen LogP) is 2.69. The van der Waals surface area contributed by atoms with Crippen molar-refractivity contribution in [2.24, 2.45) is 0 Å². The van der Waals surface area contributed by atoms with Crippen LogP contribution in [0, 0.1) is 0 Å². The molecule has 6 nitrogen and oxygen atoms in total. The number of nitrogens with zero attached hydrogens (tertiary/aromatic N) is 2. The highest BCUT2D eigenvalue weighted by Crippen LogP contribution is 2.27. The highest BCUT2D eigenvalue weighted by atomic mass is 32.2. The molecule has 1 aliphatic rings. The summed E-state index contributed by atoms with van der Waals surface area (Å²) in [6, 6.07) is 2.01. The first-order valence-electron chi connectivity index (χ1n) is 8.42. The van der Waals surface area contributed by atoms with Crippen molar-refractivity contribution in [1.82, 2.24) is 9.97 Å². The Morgan fingerprint density at radius 3 is 2.58 bits per heavy atom. The van der Waals surface area contributed by atoms with Crippen LogP contribution in [-0.4, -0.2) is 43.0 Å². The van der Waals surface area contributed by atoms with Crippen molar-refractivity contribution in [2.75, 3.05) is 18.7 Å². The fourth-order valence-electron chi connectivity index (χ4n) is 3.00. The monoisotopic (exact) mass is 355 g/mol. The SMILES string of the molecule is COCc1cc(NC2CCCC(S(C)(=O)=O)C2)nc(C(C)(C)C)n1. The van der Waals surface area contributed by atoms with Crippen LogP contribution in [0.1, 0.15) is 58.0 Å². The minimum Gasteiger partial charge on any atom is -0.378 e. The number of rotatable bonds is 5. The topological polar surface area (TPSA) is 81.2 Å². The summed E-state index contributed by atoms with van der Waals surface area (Å²) in [6.07, 6.45) is 4.59. The van der Waals surface area contributed by atoms with Crippen molar-refractivity contribution in [3.63, 3.8) is 0 Å². The number of hydrogen-bond donors (Lipinski definition) is 1. The molecule has 2 rings (SSSR count). The molecular weight excluding hydrogens is 326 g/mol. The zero-order valence-electron chi connectivity index (χ0n) is 15.3. The van der Waals surface area contributed by atoms with Gasteiger partial charge in [-0.1, -0.05) is 27.2 Å². The molecule has 7 heteroatoms. The second-order valence-electron chi connectivity index (χ2n) is 7.71. The molecular formula is C17H29N3O3S.